The zero-order valence-corrected chi connectivity index (χ0v) is 18.1. The quantitative estimate of drug-likeness (QED) is 0.346. The lowest BCUT2D eigenvalue weighted by Crippen LogP contribution is -2.28. The molecule has 0 aromatic carbocycles. The van der Waals surface area contributed by atoms with E-state index >= 15 is 0 Å². The molecule has 0 atom stereocenters. The molecule has 0 amide bonds. The lowest BCUT2D eigenvalue weighted by atomic mass is 10.2. The SMILES string of the molecule is CCOP(=O)(OCC)C(CC(=O)OC(C)(C)C)P(=O)(OCC)OCC. The Kier molecular flexibility index (Phi) is 10.7. The Labute approximate surface area is 151 Å². The van der Waals surface area contributed by atoms with Crippen molar-refractivity contribution in [3.63, 3.8) is 0 Å². The van der Waals surface area contributed by atoms with Crippen molar-refractivity contribution in [1.29, 1.82) is 0 Å². The molecule has 0 aromatic rings. The number of esters is 1. The highest BCUT2D eigenvalue weighted by Crippen LogP contribution is 2.71. The Bertz CT molecular complexity index is 450. The van der Waals surface area contributed by atoms with Gasteiger partial charge in [0.05, 0.1) is 32.8 Å². The van der Waals surface area contributed by atoms with E-state index in [0.717, 1.165) is 0 Å². The highest BCUT2D eigenvalue weighted by Gasteiger charge is 2.52. The summed E-state index contributed by atoms with van der Waals surface area (Å²) in [5.74, 6) is -0.684. The maximum atomic E-state index is 13.2. The van der Waals surface area contributed by atoms with Crippen molar-refractivity contribution >= 4 is 21.2 Å². The van der Waals surface area contributed by atoms with E-state index in [4.69, 9.17) is 22.8 Å². The number of rotatable bonds is 12. The molecule has 0 saturated carbocycles. The standard InChI is InChI=1S/C15H32O8P2/c1-8-19-24(17,20-9-2)14(12-13(16)23-15(5,6)7)25(18,21-10-3)22-11-4/h14H,8-12H2,1-7H3. The van der Waals surface area contributed by atoms with Crippen molar-refractivity contribution in [2.75, 3.05) is 26.4 Å². The van der Waals surface area contributed by atoms with Crippen LogP contribution in [0.5, 0.6) is 0 Å². The molecule has 0 heterocycles. The molecule has 0 radical (unpaired) electrons. The maximum absolute atomic E-state index is 13.2. The van der Waals surface area contributed by atoms with Gasteiger partial charge in [0.1, 0.15) is 5.60 Å². The summed E-state index contributed by atoms with van der Waals surface area (Å²) in [5, 5.41) is -1.39. The summed E-state index contributed by atoms with van der Waals surface area (Å²) in [5.41, 5.74) is -0.746. The second-order valence-electron chi connectivity index (χ2n) is 6.02. The van der Waals surface area contributed by atoms with Gasteiger partial charge in [0.15, 0.2) is 5.40 Å². The Hall–Kier alpha value is -0.230. The van der Waals surface area contributed by atoms with Gasteiger partial charge in [0, 0.05) is 0 Å². The smallest absolute Gasteiger partial charge is 0.346 e. The molecule has 0 aliphatic rings. The molecule has 150 valence electrons. The number of ether oxygens (including phenoxy) is 1. The number of carbonyl (C=O) groups is 1. The summed E-state index contributed by atoms with van der Waals surface area (Å²) in [4.78, 5) is 12.3. The largest absolute Gasteiger partial charge is 0.460 e. The lowest BCUT2D eigenvalue weighted by molar-refractivity contribution is -0.154. The van der Waals surface area contributed by atoms with Crippen molar-refractivity contribution in [3.05, 3.63) is 0 Å². The molecule has 0 spiro atoms. The highest BCUT2D eigenvalue weighted by atomic mass is 31.2. The highest BCUT2D eigenvalue weighted by molar-refractivity contribution is 7.72. The van der Waals surface area contributed by atoms with Crippen LogP contribution in [0.3, 0.4) is 0 Å². The van der Waals surface area contributed by atoms with Crippen molar-refractivity contribution in [2.45, 2.75) is 65.9 Å². The number of hydrogen-bond acceptors (Lipinski definition) is 8. The monoisotopic (exact) mass is 402 g/mol. The van der Waals surface area contributed by atoms with Crippen LogP contribution in [0, 0.1) is 0 Å². The molecular weight excluding hydrogens is 370 g/mol. The molecule has 0 saturated heterocycles. The summed E-state index contributed by atoms with van der Waals surface area (Å²) >= 11 is 0. The second kappa shape index (κ2) is 10.8. The zero-order chi connectivity index (χ0) is 19.7. The molecule has 10 heteroatoms. The first-order valence-electron chi connectivity index (χ1n) is 8.47. The van der Waals surface area contributed by atoms with Crippen LogP contribution in [0.2, 0.25) is 0 Å². The van der Waals surface area contributed by atoms with Gasteiger partial charge < -0.3 is 22.8 Å². The minimum Gasteiger partial charge on any atom is -0.460 e. The third-order valence-electron chi connectivity index (χ3n) is 2.74. The molecule has 0 aromatic heterocycles. The van der Waals surface area contributed by atoms with Crippen molar-refractivity contribution in [3.8, 4) is 0 Å². The fourth-order valence-electron chi connectivity index (χ4n) is 2.07. The van der Waals surface area contributed by atoms with E-state index in [1.165, 1.54) is 0 Å². The van der Waals surface area contributed by atoms with Crippen molar-refractivity contribution in [2.24, 2.45) is 0 Å². The van der Waals surface area contributed by atoms with Crippen LogP contribution < -0.4 is 0 Å². The van der Waals surface area contributed by atoms with Crippen LogP contribution in [-0.4, -0.2) is 43.4 Å². The van der Waals surface area contributed by atoms with E-state index in [9.17, 15) is 13.9 Å². The number of hydrogen-bond donors (Lipinski definition) is 0. The molecule has 25 heavy (non-hydrogen) atoms. The van der Waals surface area contributed by atoms with Gasteiger partial charge in [-0.05, 0) is 48.5 Å². The van der Waals surface area contributed by atoms with Crippen LogP contribution >= 0.6 is 15.2 Å². The molecular formula is C15H32O8P2. The molecule has 0 aliphatic heterocycles. The first-order valence-corrected chi connectivity index (χ1v) is 11.7. The van der Waals surface area contributed by atoms with Gasteiger partial charge in [-0.3, -0.25) is 13.9 Å². The summed E-state index contributed by atoms with van der Waals surface area (Å²) in [6.45, 7) is 11.8. The summed E-state index contributed by atoms with van der Waals surface area (Å²) < 4.78 is 52.9. The summed E-state index contributed by atoms with van der Waals surface area (Å²) in [6.07, 6.45) is -0.466. The first kappa shape index (κ1) is 24.8. The van der Waals surface area contributed by atoms with Crippen LogP contribution in [0.25, 0.3) is 0 Å². The molecule has 8 nitrogen and oxygen atoms in total. The van der Waals surface area contributed by atoms with Crippen LogP contribution in [-0.2, 0) is 36.8 Å². The van der Waals surface area contributed by atoms with E-state index in [-0.39, 0.29) is 26.4 Å². The minimum atomic E-state index is -3.94. The zero-order valence-electron chi connectivity index (χ0n) is 16.3. The molecule has 0 N–H and O–H groups in total. The summed E-state index contributed by atoms with van der Waals surface area (Å²) in [6, 6.07) is 0. The van der Waals surface area contributed by atoms with Gasteiger partial charge in [-0.15, -0.1) is 0 Å². The second-order valence-corrected chi connectivity index (χ2v) is 10.9. The van der Waals surface area contributed by atoms with Gasteiger partial charge in [0.2, 0.25) is 0 Å². The number of carbonyl (C=O) groups excluding carboxylic acids is 1. The minimum absolute atomic E-state index is 0.0559. The Morgan fingerprint density at radius 3 is 1.36 bits per heavy atom. The van der Waals surface area contributed by atoms with Crippen molar-refractivity contribution < 1.29 is 36.8 Å². The third kappa shape index (κ3) is 8.33. The topological polar surface area (TPSA) is 97.4 Å². The predicted octanol–water partition coefficient (Wildman–Crippen LogP) is 4.58. The summed E-state index contributed by atoms with van der Waals surface area (Å²) in [7, 11) is -7.89. The van der Waals surface area contributed by atoms with E-state index in [2.05, 4.69) is 0 Å². The molecule has 0 fully saturated rings. The predicted molar refractivity (Wildman–Crippen MR) is 96.0 cm³/mol. The lowest BCUT2D eigenvalue weighted by Gasteiger charge is -2.31. The molecule has 0 unspecified atom stereocenters. The fourth-order valence-corrected chi connectivity index (χ4v) is 7.28. The van der Waals surface area contributed by atoms with Crippen molar-refractivity contribution in [1.82, 2.24) is 0 Å². The van der Waals surface area contributed by atoms with Gasteiger partial charge in [-0.25, -0.2) is 0 Å². The Morgan fingerprint density at radius 1 is 0.800 bits per heavy atom. The van der Waals surface area contributed by atoms with E-state index < -0.39 is 38.6 Å². The Morgan fingerprint density at radius 2 is 1.12 bits per heavy atom. The van der Waals surface area contributed by atoms with Gasteiger partial charge in [0.25, 0.3) is 0 Å². The molecule has 0 bridgehead atoms. The Balaban J connectivity index is 5.88. The van der Waals surface area contributed by atoms with Crippen LogP contribution in [0.15, 0.2) is 0 Å². The van der Waals surface area contributed by atoms with Crippen LogP contribution in [0.4, 0.5) is 0 Å². The fraction of sp³-hybridized carbons (Fsp3) is 0.933. The van der Waals surface area contributed by atoms with Crippen LogP contribution in [0.1, 0.15) is 54.9 Å². The maximum Gasteiger partial charge on any atom is 0.346 e. The molecule has 0 rings (SSSR count). The van der Waals surface area contributed by atoms with E-state index in [1.807, 2.05) is 0 Å². The first-order chi connectivity index (χ1) is 11.5. The third-order valence-corrected chi connectivity index (χ3v) is 8.73. The van der Waals surface area contributed by atoms with E-state index in [1.54, 1.807) is 48.5 Å². The normalized spacial score (nSPS) is 13.3. The molecule has 0 aliphatic carbocycles. The van der Waals surface area contributed by atoms with E-state index in [0.29, 0.717) is 0 Å². The van der Waals surface area contributed by atoms with Gasteiger partial charge >= 0.3 is 21.2 Å². The average molecular weight is 402 g/mol. The van der Waals surface area contributed by atoms with Gasteiger partial charge in [-0.2, -0.15) is 0 Å². The average Bonchev–Trinajstić information content (AvgIpc) is 2.43. The van der Waals surface area contributed by atoms with Gasteiger partial charge in [-0.1, -0.05) is 0 Å².